The predicted octanol–water partition coefficient (Wildman–Crippen LogP) is 1.35. The Bertz CT molecular complexity index is 448. The molecule has 2 heterocycles. The molecule has 6 heteroatoms. The number of rotatable bonds is 0. The van der Waals surface area contributed by atoms with Crippen molar-refractivity contribution in [1.82, 2.24) is 4.98 Å². The average molecular weight is 286 g/mol. The average Bonchev–Trinajstić information content (AvgIpc) is 2.27. The predicted molar refractivity (Wildman–Crippen MR) is 64.3 cm³/mol. The van der Waals surface area contributed by atoms with E-state index in [4.69, 9.17) is 0 Å². The first kappa shape index (κ1) is 11.3. The zero-order valence-corrected chi connectivity index (χ0v) is 10.5. The third kappa shape index (κ3) is 1.78. The van der Waals surface area contributed by atoms with E-state index in [1.165, 1.54) is 6.92 Å². The van der Waals surface area contributed by atoms with Crippen LogP contribution in [-0.2, 0) is 4.79 Å². The monoisotopic (exact) mass is 285 g/mol. The SMILES string of the molecule is C[C@H]1Nc2cc(Br)cnc2NC(=O)[C@]1(C)O. The van der Waals surface area contributed by atoms with Crippen LogP contribution in [-0.4, -0.2) is 27.6 Å². The van der Waals surface area contributed by atoms with E-state index in [0.717, 1.165) is 4.47 Å². The van der Waals surface area contributed by atoms with Gasteiger partial charge in [-0.25, -0.2) is 4.98 Å². The van der Waals surface area contributed by atoms with Crippen molar-refractivity contribution in [3.63, 3.8) is 0 Å². The van der Waals surface area contributed by atoms with Gasteiger partial charge in [-0.05, 0) is 35.8 Å². The van der Waals surface area contributed by atoms with E-state index in [-0.39, 0.29) is 0 Å². The van der Waals surface area contributed by atoms with E-state index in [0.29, 0.717) is 11.5 Å². The molecule has 0 aromatic carbocycles. The minimum atomic E-state index is -1.47. The first-order valence-corrected chi connectivity index (χ1v) is 5.66. The van der Waals surface area contributed by atoms with Gasteiger partial charge in [0.05, 0.1) is 11.7 Å². The summed E-state index contributed by atoms with van der Waals surface area (Å²) >= 11 is 3.30. The molecule has 0 unspecified atom stereocenters. The lowest BCUT2D eigenvalue weighted by atomic mass is 9.97. The normalized spacial score (nSPS) is 28.8. The van der Waals surface area contributed by atoms with Gasteiger partial charge in [-0.3, -0.25) is 4.79 Å². The highest BCUT2D eigenvalue weighted by Gasteiger charge is 2.39. The molecule has 1 aromatic heterocycles. The minimum absolute atomic E-state index is 0.398. The van der Waals surface area contributed by atoms with Crippen LogP contribution in [0.25, 0.3) is 0 Å². The number of fused-ring (bicyclic) bond motifs is 1. The fourth-order valence-corrected chi connectivity index (χ4v) is 1.78. The van der Waals surface area contributed by atoms with Crippen LogP contribution in [0.1, 0.15) is 13.8 Å². The number of amides is 1. The smallest absolute Gasteiger partial charge is 0.259 e. The molecule has 1 aliphatic rings. The minimum Gasteiger partial charge on any atom is -0.378 e. The Morgan fingerprint density at radius 1 is 1.62 bits per heavy atom. The molecule has 0 saturated carbocycles. The molecule has 0 bridgehead atoms. The molecule has 1 amide bonds. The van der Waals surface area contributed by atoms with Crippen LogP contribution < -0.4 is 10.6 Å². The molecule has 2 atom stereocenters. The van der Waals surface area contributed by atoms with Crippen molar-refractivity contribution in [2.24, 2.45) is 0 Å². The van der Waals surface area contributed by atoms with Gasteiger partial charge in [0.25, 0.3) is 5.91 Å². The summed E-state index contributed by atoms with van der Waals surface area (Å²) in [6, 6.07) is 1.41. The largest absolute Gasteiger partial charge is 0.378 e. The van der Waals surface area contributed by atoms with Gasteiger partial charge in [0.1, 0.15) is 0 Å². The van der Waals surface area contributed by atoms with Crippen molar-refractivity contribution in [3.8, 4) is 0 Å². The van der Waals surface area contributed by atoms with Gasteiger partial charge in [0.2, 0.25) is 0 Å². The molecule has 0 radical (unpaired) electrons. The highest BCUT2D eigenvalue weighted by molar-refractivity contribution is 9.10. The lowest BCUT2D eigenvalue weighted by molar-refractivity contribution is -0.133. The first-order valence-electron chi connectivity index (χ1n) is 4.87. The van der Waals surface area contributed by atoms with Crippen LogP contribution >= 0.6 is 15.9 Å². The Labute approximate surface area is 101 Å². The number of nitrogens with one attached hydrogen (secondary N) is 2. The number of hydrogen-bond donors (Lipinski definition) is 3. The first-order chi connectivity index (χ1) is 7.41. The molecule has 0 aliphatic carbocycles. The van der Waals surface area contributed by atoms with Crippen molar-refractivity contribution in [2.75, 3.05) is 10.6 Å². The fraction of sp³-hybridized carbons (Fsp3) is 0.400. The topological polar surface area (TPSA) is 74.2 Å². The Balaban J connectivity index is 2.46. The van der Waals surface area contributed by atoms with Crippen LogP contribution in [0.4, 0.5) is 11.5 Å². The molecule has 5 nitrogen and oxygen atoms in total. The molecular formula is C10H12BrN3O2. The highest BCUT2D eigenvalue weighted by Crippen LogP contribution is 2.29. The van der Waals surface area contributed by atoms with Crippen LogP contribution in [0.5, 0.6) is 0 Å². The second kappa shape index (κ2) is 3.71. The molecule has 2 rings (SSSR count). The number of nitrogens with zero attached hydrogens (tertiary/aromatic N) is 1. The van der Waals surface area contributed by atoms with Gasteiger partial charge in [0, 0.05) is 10.7 Å². The van der Waals surface area contributed by atoms with E-state index in [9.17, 15) is 9.90 Å². The second-order valence-corrected chi connectivity index (χ2v) is 4.93. The van der Waals surface area contributed by atoms with Gasteiger partial charge in [0.15, 0.2) is 11.4 Å². The Kier molecular flexibility index (Phi) is 2.63. The van der Waals surface area contributed by atoms with E-state index in [1.807, 2.05) is 0 Å². The zero-order chi connectivity index (χ0) is 11.9. The van der Waals surface area contributed by atoms with Crippen molar-refractivity contribution in [3.05, 3.63) is 16.7 Å². The number of pyridine rings is 1. The molecule has 3 N–H and O–H groups in total. The second-order valence-electron chi connectivity index (χ2n) is 4.02. The fourth-order valence-electron chi connectivity index (χ4n) is 1.45. The molecule has 16 heavy (non-hydrogen) atoms. The van der Waals surface area contributed by atoms with Crippen LogP contribution in [0.3, 0.4) is 0 Å². The van der Waals surface area contributed by atoms with Gasteiger partial charge in [-0.1, -0.05) is 0 Å². The Hall–Kier alpha value is -1.14. The lowest BCUT2D eigenvalue weighted by Crippen LogP contribution is -2.50. The number of carbonyl (C=O) groups is 1. The maximum atomic E-state index is 11.7. The Morgan fingerprint density at radius 3 is 3.00 bits per heavy atom. The third-order valence-corrected chi connectivity index (χ3v) is 3.19. The zero-order valence-electron chi connectivity index (χ0n) is 8.91. The molecule has 0 spiro atoms. The molecule has 0 fully saturated rings. The van der Waals surface area contributed by atoms with E-state index in [1.54, 1.807) is 19.2 Å². The molecular weight excluding hydrogens is 274 g/mol. The summed E-state index contributed by atoms with van der Waals surface area (Å²) in [5.41, 5.74) is -0.777. The van der Waals surface area contributed by atoms with E-state index >= 15 is 0 Å². The quantitative estimate of drug-likeness (QED) is 0.673. The molecule has 1 aliphatic heterocycles. The summed E-state index contributed by atoms with van der Waals surface area (Å²) < 4.78 is 0.807. The van der Waals surface area contributed by atoms with Gasteiger partial charge >= 0.3 is 0 Å². The lowest BCUT2D eigenvalue weighted by Gasteiger charge is -2.26. The number of carbonyl (C=O) groups excluding carboxylic acids is 1. The van der Waals surface area contributed by atoms with Gasteiger partial charge in [-0.2, -0.15) is 0 Å². The number of hydrogen-bond acceptors (Lipinski definition) is 4. The summed E-state index contributed by atoms with van der Waals surface area (Å²) in [7, 11) is 0. The van der Waals surface area contributed by atoms with E-state index < -0.39 is 17.6 Å². The number of anilines is 2. The summed E-state index contributed by atoms with van der Waals surface area (Å²) in [6.07, 6.45) is 1.59. The summed E-state index contributed by atoms with van der Waals surface area (Å²) in [4.78, 5) is 15.8. The maximum Gasteiger partial charge on any atom is 0.259 e. The third-order valence-electron chi connectivity index (χ3n) is 2.76. The molecule has 0 saturated heterocycles. The standard InChI is InChI=1S/C10H12BrN3O2/c1-5-10(2,16)9(15)14-8-7(13-5)3-6(11)4-12-8/h3-5,13,16H,1-2H3,(H,12,14,15)/t5-,10-/m1/s1. The van der Waals surface area contributed by atoms with Crippen LogP contribution in [0.15, 0.2) is 16.7 Å². The van der Waals surface area contributed by atoms with Crippen molar-refractivity contribution in [1.29, 1.82) is 0 Å². The Morgan fingerprint density at radius 2 is 2.31 bits per heavy atom. The van der Waals surface area contributed by atoms with Crippen LogP contribution in [0, 0.1) is 0 Å². The summed E-state index contributed by atoms with van der Waals surface area (Å²) in [6.45, 7) is 3.22. The summed E-state index contributed by atoms with van der Waals surface area (Å²) in [5.74, 6) is -0.0288. The number of aromatic nitrogens is 1. The van der Waals surface area contributed by atoms with Crippen molar-refractivity contribution in [2.45, 2.75) is 25.5 Å². The van der Waals surface area contributed by atoms with Gasteiger partial charge < -0.3 is 15.7 Å². The van der Waals surface area contributed by atoms with Crippen molar-refractivity contribution < 1.29 is 9.90 Å². The summed E-state index contributed by atoms with van der Waals surface area (Å²) in [5, 5.41) is 15.7. The van der Waals surface area contributed by atoms with Crippen molar-refractivity contribution >= 4 is 33.3 Å². The number of aliphatic hydroxyl groups is 1. The maximum absolute atomic E-state index is 11.7. The highest BCUT2D eigenvalue weighted by atomic mass is 79.9. The molecule has 86 valence electrons. The number of halogens is 1. The van der Waals surface area contributed by atoms with E-state index in [2.05, 4.69) is 31.5 Å². The van der Waals surface area contributed by atoms with Crippen LogP contribution in [0.2, 0.25) is 0 Å². The van der Waals surface area contributed by atoms with Gasteiger partial charge in [-0.15, -0.1) is 0 Å². The molecule has 1 aromatic rings.